The molecule has 9 nitrogen and oxygen atoms in total. The van der Waals surface area contributed by atoms with E-state index in [0.717, 1.165) is 31.9 Å². The fourth-order valence-corrected chi connectivity index (χ4v) is 3.49. The number of aromatic nitrogens is 1. The van der Waals surface area contributed by atoms with Gasteiger partial charge in [-0.25, -0.2) is 5.43 Å². The molecule has 1 aromatic heterocycles. The van der Waals surface area contributed by atoms with Crippen molar-refractivity contribution in [3.63, 3.8) is 0 Å². The molecule has 32 heavy (non-hydrogen) atoms. The van der Waals surface area contributed by atoms with Crippen LogP contribution in [-0.4, -0.2) is 26.7 Å². The topological polar surface area (TPSA) is 127 Å². The van der Waals surface area contributed by atoms with Crippen LogP contribution in [-0.2, 0) is 6.54 Å². The fourth-order valence-electron chi connectivity index (χ4n) is 3.49. The zero-order chi connectivity index (χ0) is 23.1. The van der Waals surface area contributed by atoms with Crippen molar-refractivity contribution in [1.29, 1.82) is 0 Å². The quantitative estimate of drug-likeness (QED) is 0.227. The smallest absolute Gasteiger partial charge is 0.280 e. The lowest BCUT2D eigenvalue weighted by atomic mass is 10.1. The number of aryl methyl sites for hydroxylation is 1. The Morgan fingerprint density at radius 3 is 2.62 bits per heavy atom. The summed E-state index contributed by atoms with van der Waals surface area (Å²) in [5.41, 5.74) is 1.73. The second-order valence-electron chi connectivity index (χ2n) is 7.27. The molecule has 0 aliphatic heterocycles. The van der Waals surface area contributed by atoms with Gasteiger partial charge in [0, 0.05) is 18.0 Å². The van der Waals surface area contributed by atoms with Gasteiger partial charge in [-0.15, -0.1) is 0 Å². The minimum absolute atomic E-state index is 0.173. The van der Waals surface area contributed by atoms with Crippen molar-refractivity contribution < 1.29 is 14.8 Å². The van der Waals surface area contributed by atoms with Gasteiger partial charge in [0.1, 0.15) is 11.3 Å². The highest BCUT2D eigenvalue weighted by Gasteiger charge is 2.22. The monoisotopic (exact) mass is 436 g/mol. The molecular weight excluding hydrogens is 412 g/mol. The molecule has 0 saturated heterocycles. The minimum atomic E-state index is -0.893. The summed E-state index contributed by atoms with van der Waals surface area (Å²) in [5, 5.41) is 25.9. The first-order chi connectivity index (χ1) is 15.5. The Hall–Kier alpha value is -4.01. The molecule has 2 aromatic carbocycles. The van der Waals surface area contributed by atoms with Crippen molar-refractivity contribution in [2.75, 3.05) is 0 Å². The van der Waals surface area contributed by atoms with E-state index in [2.05, 4.69) is 17.5 Å². The molecule has 0 aliphatic rings. The lowest BCUT2D eigenvalue weighted by Gasteiger charge is -2.14. The summed E-state index contributed by atoms with van der Waals surface area (Å²) in [5.74, 6) is -1.32. The van der Waals surface area contributed by atoms with Crippen molar-refractivity contribution in [2.45, 2.75) is 39.2 Å². The van der Waals surface area contributed by atoms with Gasteiger partial charge in [0.2, 0.25) is 0 Å². The van der Waals surface area contributed by atoms with Crippen LogP contribution in [0, 0.1) is 10.1 Å². The van der Waals surface area contributed by atoms with Gasteiger partial charge >= 0.3 is 0 Å². The number of para-hydroxylation sites is 2. The lowest BCUT2D eigenvalue weighted by molar-refractivity contribution is -0.385. The Labute approximate surface area is 184 Å². The van der Waals surface area contributed by atoms with Crippen LogP contribution in [0.1, 0.15) is 48.5 Å². The van der Waals surface area contributed by atoms with Gasteiger partial charge in [-0.3, -0.25) is 19.7 Å². The molecule has 1 heterocycles. The number of nitrogens with zero attached hydrogens (tertiary/aromatic N) is 3. The van der Waals surface area contributed by atoms with Crippen LogP contribution in [0.5, 0.6) is 5.75 Å². The number of nitro groups is 1. The van der Waals surface area contributed by atoms with E-state index in [4.69, 9.17) is 0 Å². The third-order valence-corrected chi connectivity index (χ3v) is 5.11. The lowest BCUT2D eigenvalue weighted by Crippen LogP contribution is -2.31. The van der Waals surface area contributed by atoms with Gasteiger partial charge in [-0.1, -0.05) is 50.5 Å². The van der Waals surface area contributed by atoms with Crippen molar-refractivity contribution in [3.8, 4) is 5.75 Å². The number of hydrazone groups is 1. The standard InChI is InChI=1S/C23H24N4O5/c1-2-3-4-9-14-26-19-13-8-6-11-17(19)21(28)20(23(26)30)22(29)25-24-15-16-10-5-7-12-18(16)27(31)32/h5-8,10-13,15,28H,2-4,9,14H2,1H3,(H,25,29)/b24-15+. The van der Waals surface area contributed by atoms with Gasteiger partial charge in [0.05, 0.1) is 22.2 Å². The number of pyridine rings is 1. The molecule has 0 fully saturated rings. The Kier molecular flexibility index (Phi) is 7.33. The number of hydrogen-bond acceptors (Lipinski definition) is 6. The number of fused-ring (bicyclic) bond motifs is 1. The second kappa shape index (κ2) is 10.3. The number of aromatic hydroxyl groups is 1. The molecule has 0 atom stereocenters. The average molecular weight is 436 g/mol. The van der Waals surface area contributed by atoms with Crippen molar-refractivity contribution in [2.24, 2.45) is 5.10 Å². The molecule has 0 radical (unpaired) electrons. The zero-order valence-electron chi connectivity index (χ0n) is 17.7. The van der Waals surface area contributed by atoms with Crippen LogP contribution >= 0.6 is 0 Å². The molecule has 1 amide bonds. The predicted molar refractivity (Wildman–Crippen MR) is 122 cm³/mol. The van der Waals surface area contributed by atoms with E-state index in [1.54, 1.807) is 30.3 Å². The first-order valence-corrected chi connectivity index (χ1v) is 10.4. The Bertz CT molecular complexity index is 1230. The summed E-state index contributed by atoms with van der Waals surface area (Å²) in [6, 6.07) is 12.8. The summed E-state index contributed by atoms with van der Waals surface area (Å²) < 4.78 is 1.49. The third-order valence-electron chi connectivity index (χ3n) is 5.11. The summed E-state index contributed by atoms with van der Waals surface area (Å²) >= 11 is 0. The second-order valence-corrected chi connectivity index (χ2v) is 7.27. The van der Waals surface area contributed by atoms with Crippen LogP contribution in [0.25, 0.3) is 10.9 Å². The zero-order valence-corrected chi connectivity index (χ0v) is 17.7. The molecule has 3 aromatic rings. The van der Waals surface area contributed by atoms with Gasteiger partial charge in [0.25, 0.3) is 17.2 Å². The molecule has 0 saturated carbocycles. The number of amides is 1. The Morgan fingerprint density at radius 1 is 1.16 bits per heavy atom. The normalized spacial score (nSPS) is 11.2. The summed E-state index contributed by atoms with van der Waals surface area (Å²) in [7, 11) is 0. The van der Waals surface area contributed by atoms with Crippen LogP contribution in [0.4, 0.5) is 5.69 Å². The summed E-state index contributed by atoms with van der Waals surface area (Å²) in [6.07, 6.45) is 4.92. The van der Waals surface area contributed by atoms with Crippen LogP contribution in [0.3, 0.4) is 0 Å². The highest BCUT2D eigenvalue weighted by molar-refractivity contribution is 6.02. The number of nitro benzene ring substituents is 1. The predicted octanol–water partition coefficient (Wildman–Crippen LogP) is 3.96. The first-order valence-electron chi connectivity index (χ1n) is 10.4. The summed E-state index contributed by atoms with van der Waals surface area (Å²) in [4.78, 5) is 36.4. The maximum Gasteiger partial charge on any atom is 0.280 e. The van der Waals surface area contributed by atoms with Crippen molar-refractivity contribution >= 4 is 28.7 Å². The number of unbranched alkanes of at least 4 members (excludes halogenated alkanes) is 3. The number of rotatable bonds is 9. The summed E-state index contributed by atoms with van der Waals surface area (Å²) in [6.45, 7) is 2.51. The fraction of sp³-hybridized carbons (Fsp3) is 0.261. The maximum atomic E-state index is 13.1. The number of benzene rings is 2. The van der Waals surface area contributed by atoms with E-state index < -0.39 is 27.7 Å². The largest absolute Gasteiger partial charge is 0.506 e. The van der Waals surface area contributed by atoms with E-state index in [1.165, 1.54) is 22.8 Å². The van der Waals surface area contributed by atoms with E-state index in [0.29, 0.717) is 17.4 Å². The number of carbonyl (C=O) groups is 1. The molecular formula is C23H24N4O5. The number of nitrogens with one attached hydrogen (secondary N) is 1. The molecule has 0 bridgehead atoms. The maximum absolute atomic E-state index is 13.1. The first kappa shape index (κ1) is 22.7. The van der Waals surface area contributed by atoms with Crippen LogP contribution < -0.4 is 11.0 Å². The molecule has 2 N–H and O–H groups in total. The molecule has 0 aliphatic carbocycles. The van der Waals surface area contributed by atoms with E-state index in [1.807, 2.05) is 0 Å². The molecule has 0 spiro atoms. The Morgan fingerprint density at radius 2 is 1.88 bits per heavy atom. The van der Waals surface area contributed by atoms with Crippen molar-refractivity contribution in [3.05, 3.63) is 80.1 Å². The van der Waals surface area contributed by atoms with Gasteiger partial charge in [-0.2, -0.15) is 5.10 Å². The SMILES string of the molecule is CCCCCCn1c(=O)c(C(=O)N/N=C/c2ccccc2[N+](=O)[O-])c(O)c2ccccc21. The van der Waals surface area contributed by atoms with Crippen LogP contribution in [0.15, 0.2) is 58.4 Å². The van der Waals surface area contributed by atoms with Gasteiger partial charge in [0.15, 0.2) is 0 Å². The highest BCUT2D eigenvalue weighted by atomic mass is 16.6. The average Bonchev–Trinajstić information content (AvgIpc) is 2.79. The van der Waals surface area contributed by atoms with Crippen LogP contribution in [0.2, 0.25) is 0 Å². The third kappa shape index (κ3) is 4.83. The molecule has 0 unspecified atom stereocenters. The Balaban J connectivity index is 1.93. The van der Waals surface area contributed by atoms with E-state index in [-0.39, 0.29) is 11.3 Å². The minimum Gasteiger partial charge on any atom is -0.506 e. The number of carbonyl (C=O) groups excluding carboxylic acids is 1. The molecule has 9 heteroatoms. The highest BCUT2D eigenvalue weighted by Crippen LogP contribution is 2.26. The van der Waals surface area contributed by atoms with Gasteiger partial charge < -0.3 is 9.67 Å². The van der Waals surface area contributed by atoms with E-state index in [9.17, 15) is 24.8 Å². The van der Waals surface area contributed by atoms with E-state index >= 15 is 0 Å². The van der Waals surface area contributed by atoms with Crippen molar-refractivity contribution in [1.82, 2.24) is 9.99 Å². The van der Waals surface area contributed by atoms with Gasteiger partial charge in [-0.05, 0) is 24.6 Å². The number of hydrogen-bond donors (Lipinski definition) is 2. The molecule has 166 valence electrons. The molecule has 3 rings (SSSR count).